The lowest BCUT2D eigenvalue weighted by Crippen LogP contribution is -1.89. The van der Waals surface area contributed by atoms with Gasteiger partial charge in [-0.2, -0.15) is 0 Å². The van der Waals surface area contributed by atoms with Gasteiger partial charge in [-0.25, -0.2) is 14.2 Å². The lowest BCUT2D eigenvalue weighted by Gasteiger charge is -1.91. The van der Waals surface area contributed by atoms with Crippen molar-refractivity contribution in [1.82, 2.24) is 4.98 Å². The van der Waals surface area contributed by atoms with Gasteiger partial charge in [0.25, 0.3) is 0 Å². The lowest BCUT2D eigenvalue weighted by molar-refractivity contribution is 0.0702. The molecule has 0 spiro atoms. The van der Waals surface area contributed by atoms with Crippen LogP contribution >= 0.6 is 11.3 Å². The van der Waals surface area contributed by atoms with Crippen LogP contribution in [0.15, 0.2) is 30.5 Å². The minimum Gasteiger partial charge on any atom is -0.477 e. The number of carboxylic acid groups (broad SMARTS) is 1. The van der Waals surface area contributed by atoms with Crippen molar-refractivity contribution >= 4 is 29.5 Å². The van der Waals surface area contributed by atoms with Crippen LogP contribution in [0.4, 0.5) is 4.39 Å². The third-order valence-electron chi connectivity index (χ3n) is 2.02. The molecule has 0 saturated carbocycles. The summed E-state index contributed by atoms with van der Waals surface area (Å²) in [5, 5.41) is 9.32. The van der Waals surface area contributed by atoms with Crippen LogP contribution < -0.4 is 0 Å². The molecule has 0 unspecified atom stereocenters. The summed E-state index contributed by atoms with van der Waals surface area (Å²) in [7, 11) is 0. The average Bonchev–Trinajstić information content (AvgIpc) is 2.77. The van der Waals surface area contributed by atoms with Crippen LogP contribution in [0.1, 0.15) is 20.2 Å². The van der Waals surface area contributed by atoms with Crippen molar-refractivity contribution in [1.29, 1.82) is 0 Å². The van der Waals surface area contributed by atoms with E-state index in [0.717, 1.165) is 16.9 Å². The first-order valence-corrected chi connectivity index (χ1v) is 5.59. The third-order valence-corrected chi connectivity index (χ3v) is 2.97. The Kier molecular flexibility index (Phi) is 3.30. The fourth-order valence-corrected chi connectivity index (χ4v) is 1.86. The van der Waals surface area contributed by atoms with E-state index in [-0.39, 0.29) is 10.7 Å². The summed E-state index contributed by atoms with van der Waals surface area (Å²) in [6.07, 6.45) is 4.77. The summed E-state index contributed by atoms with van der Waals surface area (Å²) >= 11 is 1.09. The van der Waals surface area contributed by atoms with E-state index in [2.05, 4.69) is 4.98 Å². The van der Waals surface area contributed by atoms with Gasteiger partial charge in [-0.1, -0.05) is 18.2 Å². The van der Waals surface area contributed by atoms with Gasteiger partial charge in [-0.15, -0.1) is 11.3 Å². The van der Waals surface area contributed by atoms with Crippen molar-refractivity contribution < 1.29 is 14.3 Å². The molecular formula is C12H8FNO2S. The molecule has 0 aliphatic heterocycles. The molecule has 0 saturated heterocycles. The summed E-state index contributed by atoms with van der Waals surface area (Å²) in [4.78, 5) is 14.8. The monoisotopic (exact) mass is 249 g/mol. The summed E-state index contributed by atoms with van der Waals surface area (Å²) < 4.78 is 12.6. The van der Waals surface area contributed by atoms with Crippen LogP contribution in [0.3, 0.4) is 0 Å². The summed E-state index contributed by atoms with van der Waals surface area (Å²) in [5.74, 6) is -1.27. The minimum atomic E-state index is -0.982. The molecule has 1 heterocycles. The SMILES string of the molecule is O=C(O)c1cnc(/C=C/c2ccc(F)cc2)s1. The maximum absolute atomic E-state index is 12.6. The van der Waals surface area contributed by atoms with Crippen LogP contribution in [0, 0.1) is 5.82 Å². The number of halogens is 1. The molecule has 1 aromatic carbocycles. The van der Waals surface area contributed by atoms with E-state index in [1.54, 1.807) is 24.3 Å². The van der Waals surface area contributed by atoms with Gasteiger partial charge >= 0.3 is 5.97 Å². The Morgan fingerprint density at radius 2 is 2.00 bits per heavy atom. The summed E-state index contributed by atoms with van der Waals surface area (Å²) in [5.41, 5.74) is 0.832. The topological polar surface area (TPSA) is 50.2 Å². The quantitative estimate of drug-likeness (QED) is 0.909. The molecule has 0 aliphatic carbocycles. The molecule has 0 atom stereocenters. The van der Waals surface area contributed by atoms with Crippen LogP contribution in [0.25, 0.3) is 12.2 Å². The first-order valence-electron chi connectivity index (χ1n) is 4.78. The molecule has 2 aromatic rings. The smallest absolute Gasteiger partial charge is 0.347 e. The molecule has 0 radical (unpaired) electrons. The largest absolute Gasteiger partial charge is 0.477 e. The second-order valence-electron chi connectivity index (χ2n) is 3.25. The number of aromatic carboxylic acids is 1. The van der Waals surface area contributed by atoms with Crippen molar-refractivity contribution in [3.05, 3.63) is 51.7 Å². The number of carbonyl (C=O) groups is 1. The first-order chi connectivity index (χ1) is 8.15. The highest BCUT2D eigenvalue weighted by molar-refractivity contribution is 7.14. The maximum Gasteiger partial charge on any atom is 0.347 e. The zero-order valence-corrected chi connectivity index (χ0v) is 9.45. The second-order valence-corrected chi connectivity index (χ2v) is 4.32. The number of aromatic nitrogens is 1. The zero-order valence-electron chi connectivity index (χ0n) is 8.63. The van der Waals surface area contributed by atoms with Crippen molar-refractivity contribution in [2.24, 2.45) is 0 Å². The molecule has 1 N–H and O–H groups in total. The van der Waals surface area contributed by atoms with Crippen molar-refractivity contribution in [3.8, 4) is 0 Å². The Morgan fingerprint density at radius 3 is 2.59 bits per heavy atom. The van der Waals surface area contributed by atoms with Crippen LogP contribution in [0.5, 0.6) is 0 Å². The molecule has 0 fully saturated rings. The molecule has 1 aromatic heterocycles. The maximum atomic E-state index is 12.6. The van der Waals surface area contributed by atoms with E-state index >= 15 is 0 Å². The van der Waals surface area contributed by atoms with Gasteiger partial charge in [0.2, 0.25) is 0 Å². The normalized spacial score (nSPS) is 10.9. The molecule has 86 valence electrons. The van der Waals surface area contributed by atoms with Gasteiger partial charge in [-0.05, 0) is 23.8 Å². The standard InChI is InChI=1S/C12H8FNO2S/c13-9-4-1-8(2-5-9)3-6-11-14-7-10(17-11)12(15)16/h1-7H,(H,15,16)/b6-3+. The van der Waals surface area contributed by atoms with E-state index in [4.69, 9.17) is 5.11 Å². The molecular weight excluding hydrogens is 241 g/mol. The fraction of sp³-hybridized carbons (Fsp3) is 0. The number of hydrogen-bond acceptors (Lipinski definition) is 3. The van der Waals surface area contributed by atoms with Crippen LogP contribution in [0.2, 0.25) is 0 Å². The van der Waals surface area contributed by atoms with Crippen LogP contribution in [-0.4, -0.2) is 16.1 Å². The Labute approximate surface area is 101 Å². The number of rotatable bonds is 3. The molecule has 0 aliphatic rings. The van der Waals surface area contributed by atoms with Crippen LogP contribution in [-0.2, 0) is 0 Å². The van der Waals surface area contributed by atoms with Gasteiger partial charge in [0.1, 0.15) is 15.7 Å². The van der Waals surface area contributed by atoms with Gasteiger partial charge in [-0.3, -0.25) is 0 Å². The number of hydrogen-bond donors (Lipinski definition) is 1. The van der Waals surface area contributed by atoms with Gasteiger partial charge < -0.3 is 5.11 Å². The number of thiazole rings is 1. The summed E-state index contributed by atoms with van der Waals surface area (Å²) in [6.45, 7) is 0. The predicted octanol–water partition coefficient (Wildman–Crippen LogP) is 3.15. The Morgan fingerprint density at radius 1 is 1.29 bits per heavy atom. The average molecular weight is 249 g/mol. The fourth-order valence-electron chi connectivity index (χ4n) is 1.20. The van der Waals surface area contributed by atoms with Gasteiger partial charge in [0, 0.05) is 0 Å². The molecule has 0 amide bonds. The van der Waals surface area contributed by atoms with Crippen molar-refractivity contribution in [3.63, 3.8) is 0 Å². The summed E-state index contributed by atoms with van der Waals surface area (Å²) in [6, 6.07) is 6.00. The molecule has 5 heteroatoms. The van der Waals surface area contributed by atoms with E-state index in [0.29, 0.717) is 5.01 Å². The van der Waals surface area contributed by atoms with Crippen molar-refractivity contribution in [2.45, 2.75) is 0 Å². The van der Waals surface area contributed by atoms with E-state index in [1.165, 1.54) is 18.3 Å². The minimum absolute atomic E-state index is 0.198. The highest BCUT2D eigenvalue weighted by Crippen LogP contribution is 2.16. The van der Waals surface area contributed by atoms with Gasteiger partial charge in [0.05, 0.1) is 6.20 Å². The molecule has 0 bridgehead atoms. The molecule has 3 nitrogen and oxygen atoms in total. The molecule has 17 heavy (non-hydrogen) atoms. The predicted molar refractivity (Wildman–Crippen MR) is 64.4 cm³/mol. The third kappa shape index (κ3) is 2.98. The highest BCUT2D eigenvalue weighted by atomic mass is 32.1. The Balaban J connectivity index is 2.14. The first kappa shape index (κ1) is 11.5. The number of benzene rings is 1. The van der Waals surface area contributed by atoms with E-state index in [9.17, 15) is 9.18 Å². The Hall–Kier alpha value is -2.01. The second kappa shape index (κ2) is 4.88. The lowest BCUT2D eigenvalue weighted by atomic mass is 10.2. The van der Waals surface area contributed by atoms with E-state index < -0.39 is 5.97 Å². The van der Waals surface area contributed by atoms with E-state index in [1.807, 2.05) is 0 Å². The van der Waals surface area contributed by atoms with Crippen molar-refractivity contribution in [2.75, 3.05) is 0 Å². The number of carboxylic acids is 1. The van der Waals surface area contributed by atoms with Gasteiger partial charge in [0.15, 0.2) is 0 Å². The Bertz CT molecular complexity index is 560. The highest BCUT2D eigenvalue weighted by Gasteiger charge is 2.05. The number of nitrogens with zero attached hydrogens (tertiary/aromatic N) is 1. The zero-order chi connectivity index (χ0) is 12.3. The molecule has 2 rings (SSSR count).